The van der Waals surface area contributed by atoms with E-state index < -0.39 is 55.0 Å². The van der Waals surface area contributed by atoms with E-state index in [-0.39, 0.29) is 5.75 Å². The minimum absolute atomic E-state index is 0.234. The quantitative estimate of drug-likeness (QED) is 0.0955. The van der Waals surface area contributed by atoms with E-state index in [2.05, 4.69) is 16.6 Å². The fourth-order valence-electron chi connectivity index (χ4n) is 3.23. The zero-order valence-electron chi connectivity index (χ0n) is 18.2. The number of carbonyl (C=O) groups is 2. The Kier molecular flexibility index (Phi) is 10.5. The van der Waals surface area contributed by atoms with E-state index in [4.69, 9.17) is 38.3 Å². The highest BCUT2D eigenvalue weighted by molar-refractivity contribution is 7.80. The van der Waals surface area contributed by atoms with E-state index in [0.29, 0.717) is 23.8 Å². The third-order valence-corrected chi connectivity index (χ3v) is 5.38. The van der Waals surface area contributed by atoms with Gasteiger partial charge in [0.1, 0.15) is 24.1 Å². The summed E-state index contributed by atoms with van der Waals surface area (Å²) in [6.45, 7) is 0.672. The summed E-state index contributed by atoms with van der Waals surface area (Å²) in [5.41, 5.74) is 0.651. The minimum Gasteiger partial charge on any atom is -0.481 e. The van der Waals surface area contributed by atoms with Gasteiger partial charge in [-0.3, -0.25) is 9.59 Å². The van der Waals surface area contributed by atoms with E-state index in [1.807, 2.05) is 0 Å². The van der Waals surface area contributed by atoms with Crippen LogP contribution >= 0.6 is 12.2 Å². The number of carboxylic acid groups (broad SMARTS) is 2. The highest BCUT2D eigenvalue weighted by Gasteiger charge is 2.47. The van der Waals surface area contributed by atoms with Gasteiger partial charge in [-0.25, -0.2) is 0 Å². The van der Waals surface area contributed by atoms with Gasteiger partial charge in [-0.2, -0.15) is 0 Å². The fraction of sp³-hybridized carbons (Fsp3) is 0.500. The van der Waals surface area contributed by atoms with Gasteiger partial charge in [0.25, 0.3) is 0 Å². The molecule has 0 spiro atoms. The number of unbranched alkanes of at least 4 members (excludes halogenated alkanes) is 2. The van der Waals surface area contributed by atoms with Gasteiger partial charge in [-0.15, -0.1) is 12.3 Å². The zero-order valence-corrected chi connectivity index (χ0v) is 19.0. The molecule has 1 saturated heterocycles. The van der Waals surface area contributed by atoms with E-state index in [1.165, 1.54) is 12.1 Å². The Balaban J connectivity index is 1.95. The number of ether oxygens (including phenoxy) is 2. The van der Waals surface area contributed by atoms with Crippen LogP contribution in [0, 0.1) is 18.3 Å². The van der Waals surface area contributed by atoms with Crippen molar-refractivity contribution in [3.8, 4) is 18.1 Å². The Labute approximate surface area is 201 Å². The van der Waals surface area contributed by atoms with E-state index in [9.17, 15) is 24.9 Å². The standard InChI is InChI=1S/C22H28N2O9S/c1-2-3-4-5-10-23-22(34)24-12-6-8-13(9-7-12)32-21-18(27)17(26)16(25)15(33-21)11-14(19(28)29)20(30)31/h1,6-9,14-18,21,25-27H,3-5,10-11H2,(H,28,29)(H,30,31)(H2,23,24,34)/t15-,16-,17+,18+,21+/m1/s1. The average Bonchev–Trinajstić information content (AvgIpc) is 2.79. The van der Waals surface area contributed by atoms with Crippen LogP contribution in [0.5, 0.6) is 5.75 Å². The van der Waals surface area contributed by atoms with Gasteiger partial charge in [0.15, 0.2) is 11.0 Å². The monoisotopic (exact) mass is 496 g/mol. The van der Waals surface area contributed by atoms with Gasteiger partial charge < -0.3 is 45.6 Å². The second-order valence-electron chi connectivity index (χ2n) is 7.66. The van der Waals surface area contributed by atoms with Crippen LogP contribution in [0.15, 0.2) is 24.3 Å². The number of anilines is 1. The molecular weight excluding hydrogens is 468 g/mol. The van der Waals surface area contributed by atoms with E-state index >= 15 is 0 Å². The molecule has 1 aliphatic heterocycles. The van der Waals surface area contributed by atoms with Crippen LogP contribution in [-0.2, 0) is 14.3 Å². The molecule has 0 unspecified atom stereocenters. The van der Waals surface area contributed by atoms with Crippen molar-refractivity contribution >= 4 is 35.0 Å². The van der Waals surface area contributed by atoms with Gasteiger partial charge in [-0.1, -0.05) is 0 Å². The van der Waals surface area contributed by atoms with Crippen LogP contribution < -0.4 is 15.4 Å². The average molecular weight is 497 g/mol. The summed E-state index contributed by atoms with van der Waals surface area (Å²) in [6, 6.07) is 6.37. The van der Waals surface area contributed by atoms with Crippen molar-refractivity contribution < 1.29 is 44.6 Å². The maximum absolute atomic E-state index is 11.2. The summed E-state index contributed by atoms with van der Waals surface area (Å²) in [5.74, 6) is -2.31. The number of aliphatic hydroxyl groups is 3. The molecular formula is C22H28N2O9S. The molecule has 1 aromatic rings. The second kappa shape index (κ2) is 13.1. The van der Waals surface area contributed by atoms with Gasteiger partial charge in [-0.05, 0) is 49.3 Å². The summed E-state index contributed by atoms with van der Waals surface area (Å²) in [4.78, 5) is 22.3. The predicted octanol–water partition coefficient (Wildman–Crippen LogP) is 0.138. The molecule has 34 heavy (non-hydrogen) atoms. The molecule has 1 heterocycles. The van der Waals surface area contributed by atoms with Crippen molar-refractivity contribution in [3.05, 3.63) is 24.3 Å². The largest absolute Gasteiger partial charge is 0.481 e. The van der Waals surface area contributed by atoms with Crippen molar-refractivity contribution in [1.82, 2.24) is 5.32 Å². The number of benzene rings is 1. The lowest BCUT2D eigenvalue weighted by Crippen LogP contribution is -2.59. The highest BCUT2D eigenvalue weighted by Crippen LogP contribution is 2.28. The number of rotatable bonds is 11. The zero-order chi connectivity index (χ0) is 25.3. The number of hydrogen-bond donors (Lipinski definition) is 7. The molecule has 1 fully saturated rings. The Morgan fingerprint density at radius 2 is 1.74 bits per heavy atom. The second-order valence-corrected chi connectivity index (χ2v) is 8.07. The van der Waals surface area contributed by atoms with Crippen LogP contribution in [0.4, 0.5) is 5.69 Å². The smallest absolute Gasteiger partial charge is 0.317 e. The lowest BCUT2D eigenvalue weighted by molar-refractivity contribution is -0.275. The SMILES string of the molecule is C#CCCCCNC(=S)Nc1ccc(O[C@H]2O[C@H](CC(C(=O)O)C(=O)O)[C@@H](O)[C@H](O)[C@@H]2O)cc1. The lowest BCUT2D eigenvalue weighted by Gasteiger charge is -2.40. The van der Waals surface area contributed by atoms with Crippen molar-refractivity contribution in [3.63, 3.8) is 0 Å². The van der Waals surface area contributed by atoms with Crippen molar-refractivity contribution in [2.24, 2.45) is 5.92 Å². The van der Waals surface area contributed by atoms with Crippen LogP contribution in [0.2, 0.25) is 0 Å². The van der Waals surface area contributed by atoms with E-state index in [1.54, 1.807) is 12.1 Å². The predicted molar refractivity (Wildman–Crippen MR) is 124 cm³/mol. The van der Waals surface area contributed by atoms with Crippen molar-refractivity contribution in [1.29, 1.82) is 0 Å². The summed E-state index contributed by atoms with van der Waals surface area (Å²) in [6.07, 6.45) is -0.928. The summed E-state index contributed by atoms with van der Waals surface area (Å²) in [7, 11) is 0. The molecule has 186 valence electrons. The minimum atomic E-state index is -1.87. The molecule has 0 aromatic heterocycles. The first-order valence-corrected chi connectivity index (χ1v) is 10.9. The van der Waals surface area contributed by atoms with Crippen LogP contribution in [0.3, 0.4) is 0 Å². The third-order valence-electron chi connectivity index (χ3n) is 5.13. The maximum Gasteiger partial charge on any atom is 0.317 e. The van der Waals surface area contributed by atoms with Gasteiger partial charge in [0.05, 0.1) is 6.10 Å². The molecule has 11 nitrogen and oxygen atoms in total. The Hall–Kier alpha value is -2.95. The number of hydrogen-bond acceptors (Lipinski definition) is 8. The van der Waals surface area contributed by atoms with Crippen molar-refractivity contribution in [2.75, 3.05) is 11.9 Å². The number of thiocarbonyl (C=S) groups is 1. The van der Waals surface area contributed by atoms with Crippen molar-refractivity contribution in [2.45, 2.75) is 56.4 Å². The first kappa shape index (κ1) is 27.3. The molecule has 1 aromatic carbocycles. The summed E-state index contributed by atoms with van der Waals surface area (Å²) < 4.78 is 11.0. The third kappa shape index (κ3) is 7.82. The number of terminal acetylenes is 1. The topological polar surface area (TPSA) is 178 Å². The maximum atomic E-state index is 11.2. The Morgan fingerprint density at radius 3 is 2.32 bits per heavy atom. The molecule has 12 heteroatoms. The molecule has 5 atom stereocenters. The Bertz CT molecular complexity index is 875. The normalized spacial score (nSPS) is 24.1. The van der Waals surface area contributed by atoms with E-state index in [0.717, 1.165) is 12.8 Å². The molecule has 2 rings (SSSR count). The lowest BCUT2D eigenvalue weighted by atomic mass is 9.91. The number of aliphatic carboxylic acids is 2. The van der Waals surface area contributed by atoms with Gasteiger partial charge >= 0.3 is 11.9 Å². The van der Waals surface area contributed by atoms with Crippen LogP contribution in [0.1, 0.15) is 25.7 Å². The molecule has 0 saturated carbocycles. The van der Waals surface area contributed by atoms with Crippen LogP contribution in [-0.4, -0.2) is 79.8 Å². The first-order valence-electron chi connectivity index (χ1n) is 10.5. The van der Waals surface area contributed by atoms with Gasteiger partial charge in [0.2, 0.25) is 6.29 Å². The molecule has 0 amide bonds. The number of nitrogens with one attached hydrogen (secondary N) is 2. The first-order chi connectivity index (χ1) is 16.1. The molecule has 1 aliphatic rings. The van der Waals surface area contributed by atoms with Crippen LogP contribution in [0.25, 0.3) is 0 Å². The molecule has 0 radical (unpaired) electrons. The number of aliphatic hydroxyl groups excluding tert-OH is 3. The molecule has 0 bridgehead atoms. The molecule has 0 aliphatic carbocycles. The molecule has 7 N–H and O–H groups in total. The highest BCUT2D eigenvalue weighted by atomic mass is 32.1. The number of carboxylic acids is 2. The summed E-state index contributed by atoms with van der Waals surface area (Å²) >= 11 is 5.22. The summed E-state index contributed by atoms with van der Waals surface area (Å²) in [5, 5.41) is 55.0. The van der Waals surface area contributed by atoms with Gasteiger partial charge in [0, 0.05) is 25.1 Å². The Morgan fingerprint density at radius 1 is 1.09 bits per heavy atom. The fourth-order valence-corrected chi connectivity index (χ4v) is 3.45.